The lowest BCUT2D eigenvalue weighted by Crippen LogP contribution is -2.62. The van der Waals surface area contributed by atoms with Crippen LogP contribution in [0.1, 0.15) is 42.3 Å². The van der Waals surface area contributed by atoms with E-state index in [4.69, 9.17) is 4.98 Å². The normalized spacial score (nSPS) is 26.6. The van der Waals surface area contributed by atoms with Gasteiger partial charge in [0.1, 0.15) is 0 Å². The molecular weight excluding hydrogens is 292 g/mol. The zero-order chi connectivity index (χ0) is 14.9. The summed E-state index contributed by atoms with van der Waals surface area (Å²) in [7, 11) is 2.23. The molecule has 2 aliphatic heterocycles. The van der Waals surface area contributed by atoms with Gasteiger partial charge in [-0.15, -0.1) is 11.3 Å². The molecule has 1 aromatic rings. The van der Waals surface area contributed by atoms with Crippen molar-refractivity contribution in [2.24, 2.45) is 0 Å². The first-order chi connectivity index (χ1) is 10.8. The molecule has 5 heteroatoms. The van der Waals surface area contributed by atoms with Gasteiger partial charge in [-0.05, 0) is 19.9 Å². The van der Waals surface area contributed by atoms with E-state index >= 15 is 0 Å². The molecule has 2 saturated heterocycles. The highest BCUT2D eigenvalue weighted by Gasteiger charge is 2.33. The van der Waals surface area contributed by atoms with Crippen molar-refractivity contribution in [1.82, 2.24) is 19.7 Å². The molecule has 0 radical (unpaired) electrons. The van der Waals surface area contributed by atoms with Crippen LogP contribution in [0.3, 0.4) is 0 Å². The fourth-order valence-corrected chi connectivity index (χ4v) is 5.06. The Kier molecular flexibility index (Phi) is 4.49. The van der Waals surface area contributed by atoms with Gasteiger partial charge in [-0.3, -0.25) is 9.80 Å². The molecule has 0 amide bonds. The number of hydrogen-bond acceptors (Lipinski definition) is 5. The first-order valence-electron chi connectivity index (χ1n) is 8.87. The van der Waals surface area contributed by atoms with Crippen LogP contribution in [0.2, 0.25) is 0 Å². The summed E-state index contributed by atoms with van der Waals surface area (Å²) in [4.78, 5) is 12.6. The van der Waals surface area contributed by atoms with Gasteiger partial charge in [0, 0.05) is 63.2 Å². The maximum atomic E-state index is 4.92. The first kappa shape index (κ1) is 15.1. The molecule has 0 unspecified atom stereocenters. The number of nitrogens with zero attached hydrogens (tertiary/aromatic N) is 4. The minimum atomic E-state index is 0.772. The summed E-state index contributed by atoms with van der Waals surface area (Å²) < 4.78 is 0. The van der Waals surface area contributed by atoms with E-state index in [9.17, 15) is 0 Å². The van der Waals surface area contributed by atoms with Gasteiger partial charge in [0.15, 0.2) is 0 Å². The van der Waals surface area contributed by atoms with E-state index in [0.29, 0.717) is 0 Å². The molecule has 1 saturated carbocycles. The van der Waals surface area contributed by atoms with E-state index in [1.165, 1.54) is 75.7 Å². The SMILES string of the molecule is CN1CCN(C2CN(Cc3csc(C4CCCC4)n3)C2)CC1. The van der Waals surface area contributed by atoms with Gasteiger partial charge in [0.25, 0.3) is 0 Å². The highest BCUT2D eigenvalue weighted by molar-refractivity contribution is 7.09. The number of hydrogen-bond donors (Lipinski definition) is 0. The molecule has 3 heterocycles. The van der Waals surface area contributed by atoms with E-state index in [1.807, 2.05) is 11.3 Å². The van der Waals surface area contributed by atoms with Gasteiger partial charge >= 0.3 is 0 Å². The molecule has 0 aromatic carbocycles. The second kappa shape index (κ2) is 6.56. The third-order valence-electron chi connectivity index (χ3n) is 5.65. The summed E-state index contributed by atoms with van der Waals surface area (Å²) in [6, 6.07) is 0.793. The highest BCUT2D eigenvalue weighted by Crippen LogP contribution is 2.35. The standard InChI is InChI=1S/C17H28N4S/c1-19-6-8-21(9-7-19)16-11-20(12-16)10-15-13-22-17(18-15)14-4-2-3-5-14/h13-14,16H,2-12H2,1H3. The molecule has 0 bridgehead atoms. The van der Waals surface area contributed by atoms with Gasteiger partial charge < -0.3 is 4.90 Å². The Bertz CT molecular complexity index is 483. The zero-order valence-corrected chi connectivity index (χ0v) is 14.5. The predicted octanol–water partition coefficient (Wildman–Crippen LogP) is 2.23. The maximum absolute atomic E-state index is 4.92. The molecule has 3 aliphatic rings. The molecule has 4 nitrogen and oxygen atoms in total. The van der Waals surface area contributed by atoms with Crippen molar-refractivity contribution >= 4 is 11.3 Å². The molecule has 3 fully saturated rings. The van der Waals surface area contributed by atoms with Crippen molar-refractivity contribution < 1.29 is 0 Å². The molecule has 4 rings (SSSR count). The fraction of sp³-hybridized carbons (Fsp3) is 0.824. The van der Waals surface area contributed by atoms with Crippen molar-refractivity contribution in [3.63, 3.8) is 0 Å². The van der Waals surface area contributed by atoms with Gasteiger partial charge in [0.05, 0.1) is 10.7 Å². The highest BCUT2D eigenvalue weighted by atomic mass is 32.1. The van der Waals surface area contributed by atoms with Crippen molar-refractivity contribution in [2.75, 3.05) is 46.3 Å². The van der Waals surface area contributed by atoms with Crippen molar-refractivity contribution in [3.05, 3.63) is 16.1 Å². The van der Waals surface area contributed by atoms with Crippen LogP contribution in [0.4, 0.5) is 0 Å². The lowest BCUT2D eigenvalue weighted by Gasteiger charge is -2.47. The second-order valence-corrected chi connectivity index (χ2v) is 8.24. The van der Waals surface area contributed by atoms with E-state index in [-0.39, 0.29) is 0 Å². The molecule has 0 N–H and O–H groups in total. The molecule has 122 valence electrons. The van der Waals surface area contributed by atoms with Gasteiger partial charge in [-0.1, -0.05) is 12.8 Å². The van der Waals surface area contributed by atoms with Gasteiger partial charge in [-0.25, -0.2) is 4.98 Å². The van der Waals surface area contributed by atoms with Crippen LogP contribution in [-0.2, 0) is 6.54 Å². The Balaban J connectivity index is 1.24. The minimum absolute atomic E-state index is 0.772. The number of likely N-dealkylation sites (N-methyl/N-ethyl adjacent to an activating group) is 1. The van der Waals surface area contributed by atoms with E-state index in [2.05, 4.69) is 27.1 Å². The lowest BCUT2D eigenvalue weighted by atomic mass is 10.1. The fourth-order valence-electron chi connectivity index (χ4n) is 4.07. The van der Waals surface area contributed by atoms with Crippen molar-refractivity contribution in [3.8, 4) is 0 Å². The summed E-state index contributed by atoms with van der Waals surface area (Å²) in [5.74, 6) is 0.772. The Labute approximate surface area is 138 Å². The van der Waals surface area contributed by atoms with E-state index < -0.39 is 0 Å². The van der Waals surface area contributed by atoms with E-state index in [0.717, 1.165) is 18.5 Å². The summed E-state index contributed by atoms with van der Waals surface area (Å²) >= 11 is 1.90. The summed E-state index contributed by atoms with van der Waals surface area (Å²) in [6.07, 6.45) is 5.53. The monoisotopic (exact) mass is 320 g/mol. The molecule has 1 aliphatic carbocycles. The first-order valence-corrected chi connectivity index (χ1v) is 9.75. The van der Waals surface area contributed by atoms with Crippen molar-refractivity contribution in [1.29, 1.82) is 0 Å². The summed E-state index contributed by atoms with van der Waals surface area (Å²) in [5.41, 5.74) is 1.31. The van der Waals surface area contributed by atoms with Crippen LogP contribution in [-0.4, -0.2) is 72.0 Å². The number of piperazine rings is 1. The Morgan fingerprint density at radius 1 is 1.14 bits per heavy atom. The predicted molar refractivity (Wildman–Crippen MR) is 91.5 cm³/mol. The largest absolute Gasteiger partial charge is 0.304 e. The quantitative estimate of drug-likeness (QED) is 0.848. The molecule has 0 atom stereocenters. The van der Waals surface area contributed by atoms with Gasteiger partial charge in [-0.2, -0.15) is 0 Å². The number of rotatable bonds is 4. The molecule has 1 aromatic heterocycles. The zero-order valence-electron chi connectivity index (χ0n) is 13.7. The van der Waals surface area contributed by atoms with Crippen LogP contribution >= 0.6 is 11.3 Å². The summed E-state index contributed by atoms with van der Waals surface area (Å²) in [5, 5.41) is 3.71. The number of thiazole rings is 1. The second-order valence-electron chi connectivity index (χ2n) is 7.35. The van der Waals surface area contributed by atoms with E-state index in [1.54, 1.807) is 0 Å². The van der Waals surface area contributed by atoms with Crippen LogP contribution in [0.25, 0.3) is 0 Å². The van der Waals surface area contributed by atoms with Crippen LogP contribution in [0.5, 0.6) is 0 Å². The Morgan fingerprint density at radius 3 is 2.59 bits per heavy atom. The third kappa shape index (κ3) is 3.23. The minimum Gasteiger partial charge on any atom is -0.304 e. The Morgan fingerprint density at radius 2 is 1.86 bits per heavy atom. The average Bonchev–Trinajstić information content (AvgIpc) is 3.15. The number of aromatic nitrogens is 1. The lowest BCUT2D eigenvalue weighted by molar-refractivity contribution is 0.00494. The topological polar surface area (TPSA) is 22.6 Å². The van der Waals surface area contributed by atoms with Crippen molar-refractivity contribution in [2.45, 2.75) is 44.2 Å². The number of likely N-dealkylation sites (tertiary alicyclic amines) is 1. The van der Waals surface area contributed by atoms with Crippen LogP contribution in [0.15, 0.2) is 5.38 Å². The third-order valence-corrected chi connectivity index (χ3v) is 6.71. The maximum Gasteiger partial charge on any atom is 0.0959 e. The van der Waals surface area contributed by atoms with Gasteiger partial charge in [0.2, 0.25) is 0 Å². The van der Waals surface area contributed by atoms with Crippen LogP contribution in [0, 0.1) is 0 Å². The summed E-state index contributed by atoms with van der Waals surface area (Å²) in [6.45, 7) is 8.49. The molecular formula is C17H28N4S. The molecule has 0 spiro atoms. The average molecular weight is 321 g/mol. The Hall–Kier alpha value is -0.490. The smallest absolute Gasteiger partial charge is 0.0959 e. The molecule has 22 heavy (non-hydrogen) atoms. The van der Waals surface area contributed by atoms with Crippen LogP contribution < -0.4 is 0 Å².